The minimum Gasteiger partial charge on any atom is -0.477 e. The van der Waals surface area contributed by atoms with Gasteiger partial charge in [-0.2, -0.15) is 5.26 Å². The molecule has 0 atom stereocenters. The Hall–Kier alpha value is -2.28. The molecule has 0 radical (unpaired) electrons. The molecule has 4 nitrogen and oxygen atoms in total. The van der Waals surface area contributed by atoms with Crippen LogP contribution in [0.1, 0.15) is 15.9 Å². The number of benzene rings is 1. The fourth-order valence-electron chi connectivity index (χ4n) is 1.47. The number of allylic oxidation sites excluding steroid dienone is 1. The summed E-state index contributed by atoms with van der Waals surface area (Å²) in [6.45, 7) is 1.28. The summed E-state index contributed by atoms with van der Waals surface area (Å²) in [6.07, 6.45) is 1.38. The van der Waals surface area contributed by atoms with Crippen LogP contribution in [0, 0.1) is 11.3 Å². The molecule has 0 amide bonds. The molecule has 1 aromatic rings. The third kappa shape index (κ3) is 2.04. The van der Waals surface area contributed by atoms with E-state index in [-0.39, 0.29) is 5.78 Å². The highest BCUT2D eigenvalue weighted by atomic mass is 16.5. The molecule has 1 fully saturated rings. The van der Waals surface area contributed by atoms with Gasteiger partial charge in [0.05, 0.1) is 18.2 Å². The van der Waals surface area contributed by atoms with E-state index in [4.69, 9.17) is 10.00 Å². The van der Waals surface area contributed by atoms with Gasteiger partial charge in [0.2, 0.25) is 0 Å². The van der Waals surface area contributed by atoms with E-state index in [0.717, 1.165) is 0 Å². The minimum atomic E-state index is -0.221. The van der Waals surface area contributed by atoms with Crippen molar-refractivity contribution in [3.05, 3.63) is 47.4 Å². The predicted octanol–water partition coefficient (Wildman–Crippen LogP) is 1.20. The number of nitrogens with zero attached hydrogens (tertiary/aromatic N) is 1. The van der Waals surface area contributed by atoms with E-state index < -0.39 is 0 Å². The van der Waals surface area contributed by atoms with Crippen LogP contribution in [-0.2, 0) is 4.74 Å². The minimum absolute atomic E-state index is 0.221. The fourth-order valence-corrected chi connectivity index (χ4v) is 1.47. The van der Waals surface area contributed by atoms with Gasteiger partial charge in [-0.05, 0) is 12.1 Å². The van der Waals surface area contributed by atoms with E-state index in [2.05, 4.69) is 5.32 Å². The molecule has 0 aliphatic carbocycles. The monoisotopic (exact) mass is 214 g/mol. The Morgan fingerprint density at radius 3 is 3.00 bits per heavy atom. The van der Waals surface area contributed by atoms with E-state index >= 15 is 0 Å². The van der Waals surface area contributed by atoms with Crippen LogP contribution in [0.5, 0.6) is 0 Å². The summed E-state index contributed by atoms with van der Waals surface area (Å²) in [5.74, 6) is 0.249. The molecule has 80 valence electrons. The summed E-state index contributed by atoms with van der Waals surface area (Å²) in [5, 5.41) is 11.8. The van der Waals surface area contributed by atoms with Gasteiger partial charge in [0.15, 0.2) is 11.7 Å². The Kier molecular flexibility index (Phi) is 2.88. The molecule has 0 saturated carbocycles. The number of hydrogen-bond donors (Lipinski definition) is 1. The van der Waals surface area contributed by atoms with Gasteiger partial charge in [-0.3, -0.25) is 4.79 Å². The van der Waals surface area contributed by atoms with Crippen molar-refractivity contribution in [2.45, 2.75) is 0 Å². The van der Waals surface area contributed by atoms with Crippen molar-refractivity contribution in [1.82, 2.24) is 5.32 Å². The average Bonchev–Trinajstić information content (AvgIpc) is 2.81. The maximum Gasteiger partial charge on any atom is 0.192 e. The number of carbonyl (C=O) groups is 1. The quantitative estimate of drug-likeness (QED) is 0.593. The molecule has 0 bridgehead atoms. The zero-order valence-corrected chi connectivity index (χ0v) is 8.56. The van der Waals surface area contributed by atoms with Crippen LogP contribution in [0.4, 0.5) is 0 Å². The van der Waals surface area contributed by atoms with Gasteiger partial charge in [-0.1, -0.05) is 12.1 Å². The highest BCUT2D eigenvalue weighted by Crippen LogP contribution is 2.10. The summed E-state index contributed by atoms with van der Waals surface area (Å²) >= 11 is 0. The van der Waals surface area contributed by atoms with Crippen molar-refractivity contribution in [2.24, 2.45) is 0 Å². The third-order valence-electron chi connectivity index (χ3n) is 2.23. The summed E-state index contributed by atoms with van der Waals surface area (Å²) in [5.41, 5.74) is 0.775. The number of nitriles is 1. The second-order valence-electron chi connectivity index (χ2n) is 3.31. The lowest BCUT2D eigenvalue weighted by molar-refractivity contribution is 0.104. The summed E-state index contributed by atoms with van der Waals surface area (Å²) in [7, 11) is 0. The molecular formula is C12H10N2O2. The van der Waals surface area contributed by atoms with Gasteiger partial charge in [-0.25, -0.2) is 0 Å². The van der Waals surface area contributed by atoms with E-state index in [9.17, 15) is 4.79 Å². The van der Waals surface area contributed by atoms with Crippen molar-refractivity contribution >= 4 is 5.78 Å². The zero-order chi connectivity index (χ0) is 11.4. The predicted molar refractivity (Wildman–Crippen MR) is 57.5 cm³/mol. The topological polar surface area (TPSA) is 62.1 Å². The van der Waals surface area contributed by atoms with Crippen LogP contribution in [0.15, 0.2) is 36.2 Å². The van der Waals surface area contributed by atoms with Gasteiger partial charge >= 0.3 is 0 Å². The van der Waals surface area contributed by atoms with Crippen LogP contribution in [0.25, 0.3) is 0 Å². The van der Waals surface area contributed by atoms with E-state index in [1.807, 2.05) is 6.07 Å². The van der Waals surface area contributed by atoms with E-state index in [1.165, 1.54) is 6.08 Å². The first-order valence-corrected chi connectivity index (χ1v) is 4.93. The molecule has 1 heterocycles. The van der Waals surface area contributed by atoms with Gasteiger partial charge < -0.3 is 10.1 Å². The molecule has 1 aliphatic heterocycles. The van der Waals surface area contributed by atoms with Crippen LogP contribution in [-0.4, -0.2) is 18.9 Å². The lowest BCUT2D eigenvalue weighted by atomic mass is 10.0. The Morgan fingerprint density at radius 1 is 1.50 bits per heavy atom. The molecule has 1 aromatic carbocycles. The number of ether oxygens (including phenoxy) is 1. The second kappa shape index (κ2) is 4.49. The van der Waals surface area contributed by atoms with Crippen molar-refractivity contribution in [3.8, 4) is 6.07 Å². The number of hydrogen-bond acceptors (Lipinski definition) is 4. The first kappa shape index (κ1) is 10.2. The average molecular weight is 214 g/mol. The summed E-state index contributed by atoms with van der Waals surface area (Å²) in [4.78, 5) is 11.8. The Morgan fingerprint density at radius 2 is 2.31 bits per heavy atom. The van der Waals surface area contributed by atoms with Crippen molar-refractivity contribution in [3.63, 3.8) is 0 Å². The summed E-state index contributed by atoms with van der Waals surface area (Å²) < 4.78 is 5.16. The molecule has 1 saturated heterocycles. The van der Waals surface area contributed by atoms with E-state index in [1.54, 1.807) is 24.3 Å². The fraction of sp³-hybridized carbons (Fsp3) is 0.167. The van der Waals surface area contributed by atoms with Crippen LogP contribution < -0.4 is 5.32 Å². The van der Waals surface area contributed by atoms with Crippen LogP contribution >= 0.6 is 0 Å². The molecule has 4 heteroatoms. The first-order chi connectivity index (χ1) is 7.81. The lowest BCUT2D eigenvalue weighted by Gasteiger charge is -2.00. The van der Waals surface area contributed by atoms with Crippen LogP contribution in [0.3, 0.4) is 0 Å². The van der Waals surface area contributed by atoms with Crippen LogP contribution in [0.2, 0.25) is 0 Å². The van der Waals surface area contributed by atoms with Gasteiger partial charge in [0.1, 0.15) is 6.61 Å². The number of carbonyl (C=O) groups excluding carboxylic acids is 1. The number of ketones is 1. The maximum atomic E-state index is 11.8. The zero-order valence-electron chi connectivity index (χ0n) is 8.56. The Labute approximate surface area is 93.1 Å². The normalized spacial score (nSPS) is 16.3. The van der Waals surface area contributed by atoms with Gasteiger partial charge in [0.25, 0.3) is 0 Å². The number of rotatable bonds is 2. The number of nitrogens with one attached hydrogen (secondary N) is 1. The molecule has 0 aromatic heterocycles. The molecule has 0 unspecified atom stereocenters. The Bertz CT molecular complexity index is 478. The van der Waals surface area contributed by atoms with Crippen molar-refractivity contribution in [2.75, 3.05) is 13.2 Å². The lowest BCUT2D eigenvalue weighted by Crippen LogP contribution is -2.08. The SMILES string of the molecule is N#Cc1ccccc1C(=O)/C=C1\NCCO1. The van der Waals surface area contributed by atoms with Crippen molar-refractivity contribution in [1.29, 1.82) is 5.26 Å². The highest BCUT2D eigenvalue weighted by Gasteiger charge is 2.12. The summed E-state index contributed by atoms with van der Waals surface area (Å²) in [6, 6.07) is 8.70. The smallest absolute Gasteiger partial charge is 0.192 e. The van der Waals surface area contributed by atoms with Gasteiger partial charge in [-0.15, -0.1) is 0 Å². The molecule has 1 N–H and O–H groups in total. The largest absolute Gasteiger partial charge is 0.477 e. The van der Waals surface area contributed by atoms with Crippen molar-refractivity contribution < 1.29 is 9.53 Å². The molecule has 0 spiro atoms. The molecular weight excluding hydrogens is 204 g/mol. The third-order valence-corrected chi connectivity index (χ3v) is 2.23. The maximum absolute atomic E-state index is 11.8. The Balaban J connectivity index is 2.27. The van der Waals surface area contributed by atoms with E-state index in [0.29, 0.717) is 30.2 Å². The second-order valence-corrected chi connectivity index (χ2v) is 3.31. The molecule has 1 aliphatic rings. The first-order valence-electron chi connectivity index (χ1n) is 4.93. The highest BCUT2D eigenvalue weighted by molar-refractivity contribution is 6.06. The van der Waals surface area contributed by atoms with Gasteiger partial charge in [0, 0.05) is 11.6 Å². The molecule has 2 rings (SSSR count). The standard InChI is InChI=1S/C12H10N2O2/c13-8-9-3-1-2-4-10(9)11(15)7-12-14-5-6-16-12/h1-4,7,14H,5-6H2/b12-7+. The molecule has 16 heavy (non-hydrogen) atoms.